The lowest BCUT2D eigenvalue weighted by molar-refractivity contribution is 0.0702. The van der Waals surface area contributed by atoms with E-state index in [0.717, 1.165) is 0 Å². The van der Waals surface area contributed by atoms with E-state index in [1.807, 2.05) is 0 Å². The molecule has 0 radical (unpaired) electrons. The van der Waals surface area contributed by atoms with E-state index >= 15 is 0 Å². The lowest BCUT2D eigenvalue weighted by Gasteiger charge is -2.12. The monoisotopic (exact) mass is 312 g/mol. The van der Waals surface area contributed by atoms with Crippen LogP contribution in [0.1, 0.15) is 28.3 Å². The topological polar surface area (TPSA) is 96.4 Å². The first-order chi connectivity index (χ1) is 9.40. The molecule has 0 unspecified atom stereocenters. The quantitative estimate of drug-likeness (QED) is 0.878. The average Bonchev–Trinajstić information content (AvgIpc) is 2.90. The molecular weight excluding hydrogens is 300 g/mol. The zero-order valence-electron chi connectivity index (χ0n) is 10.5. The normalized spacial score (nSPS) is 13.1. The van der Waals surface area contributed by atoms with Crippen LogP contribution in [0, 0.1) is 0 Å². The van der Waals surface area contributed by atoms with Crippen LogP contribution in [0.2, 0.25) is 0 Å². The summed E-state index contributed by atoms with van der Waals surface area (Å²) >= 11 is 0.715. The number of carbonyl (C=O) groups is 1. The van der Waals surface area contributed by atoms with Gasteiger partial charge in [-0.05, 0) is 31.2 Å². The Hall–Kier alpha value is -1.77. The van der Waals surface area contributed by atoms with E-state index in [1.54, 1.807) is 31.3 Å². The number of nitrogens with zero attached hydrogens (tertiary/aromatic N) is 1. The number of hydrogen-bond acceptors (Lipinski definition) is 5. The lowest BCUT2D eigenvalue weighted by atomic mass is 10.2. The fourth-order valence-corrected chi connectivity index (χ4v) is 3.94. The average molecular weight is 312 g/mol. The Morgan fingerprint density at radius 2 is 2.10 bits per heavy atom. The van der Waals surface area contributed by atoms with Crippen molar-refractivity contribution in [3.63, 3.8) is 0 Å². The molecule has 8 heteroatoms. The van der Waals surface area contributed by atoms with Gasteiger partial charge in [0.05, 0.1) is 11.7 Å². The number of hydrogen-bond donors (Lipinski definition) is 2. The molecule has 0 saturated heterocycles. The van der Waals surface area contributed by atoms with Crippen LogP contribution in [0.3, 0.4) is 0 Å². The van der Waals surface area contributed by atoms with Gasteiger partial charge in [0.15, 0.2) is 0 Å². The van der Waals surface area contributed by atoms with Gasteiger partial charge in [-0.2, -0.15) is 0 Å². The van der Waals surface area contributed by atoms with Gasteiger partial charge in [-0.1, -0.05) is 6.07 Å². The van der Waals surface area contributed by atoms with E-state index in [0.29, 0.717) is 17.0 Å². The predicted molar refractivity (Wildman–Crippen MR) is 74.3 cm³/mol. The van der Waals surface area contributed by atoms with Crippen LogP contribution in [0.5, 0.6) is 0 Å². The molecule has 106 valence electrons. The number of carboxylic acids is 1. The summed E-state index contributed by atoms with van der Waals surface area (Å²) in [7, 11) is -3.76. The molecule has 2 aromatic rings. The number of rotatable bonds is 5. The summed E-state index contributed by atoms with van der Waals surface area (Å²) in [5, 5.41) is 8.81. The van der Waals surface area contributed by atoms with E-state index < -0.39 is 22.0 Å². The van der Waals surface area contributed by atoms with Crippen molar-refractivity contribution in [1.29, 1.82) is 0 Å². The fourth-order valence-electron chi connectivity index (χ4n) is 1.56. The Morgan fingerprint density at radius 1 is 1.35 bits per heavy atom. The summed E-state index contributed by atoms with van der Waals surface area (Å²) in [6.45, 7) is 1.67. The molecule has 0 spiro atoms. The third-order valence-corrected chi connectivity index (χ3v) is 5.63. The number of carboxylic acid groups (broad SMARTS) is 1. The molecule has 20 heavy (non-hydrogen) atoms. The van der Waals surface area contributed by atoms with Gasteiger partial charge in [0.1, 0.15) is 9.09 Å². The summed E-state index contributed by atoms with van der Waals surface area (Å²) < 4.78 is 26.7. The van der Waals surface area contributed by atoms with Crippen molar-refractivity contribution in [2.24, 2.45) is 0 Å². The molecule has 2 N–H and O–H groups in total. The van der Waals surface area contributed by atoms with Gasteiger partial charge in [0.25, 0.3) is 10.0 Å². The number of pyridine rings is 1. The third-order valence-electron chi connectivity index (χ3n) is 2.52. The minimum atomic E-state index is -3.76. The summed E-state index contributed by atoms with van der Waals surface area (Å²) in [4.78, 5) is 14.8. The van der Waals surface area contributed by atoms with Crippen molar-refractivity contribution in [2.45, 2.75) is 17.2 Å². The minimum absolute atomic E-state index is 0.0177. The third kappa shape index (κ3) is 3.21. The molecule has 0 aliphatic carbocycles. The van der Waals surface area contributed by atoms with Crippen molar-refractivity contribution in [3.8, 4) is 0 Å². The second-order valence-electron chi connectivity index (χ2n) is 4.02. The molecule has 0 bridgehead atoms. The molecule has 6 nitrogen and oxygen atoms in total. The summed E-state index contributed by atoms with van der Waals surface area (Å²) in [5.41, 5.74) is 0.589. The van der Waals surface area contributed by atoms with Gasteiger partial charge >= 0.3 is 5.97 Å². The molecule has 0 fully saturated rings. The highest BCUT2D eigenvalue weighted by Gasteiger charge is 2.22. The molecule has 2 aromatic heterocycles. The smallest absolute Gasteiger partial charge is 0.345 e. The first-order valence-corrected chi connectivity index (χ1v) is 7.96. The molecule has 1 atom stereocenters. The maximum atomic E-state index is 12.1. The van der Waals surface area contributed by atoms with Gasteiger partial charge in [0.2, 0.25) is 0 Å². The van der Waals surface area contributed by atoms with Crippen LogP contribution in [-0.4, -0.2) is 24.5 Å². The molecule has 0 aliphatic heterocycles. The first-order valence-electron chi connectivity index (χ1n) is 5.66. The predicted octanol–water partition coefficient (Wildman–Crippen LogP) is 1.88. The van der Waals surface area contributed by atoms with Gasteiger partial charge in [0, 0.05) is 6.20 Å². The zero-order valence-corrected chi connectivity index (χ0v) is 12.1. The van der Waals surface area contributed by atoms with Crippen LogP contribution in [0.25, 0.3) is 0 Å². The maximum absolute atomic E-state index is 12.1. The van der Waals surface area contributed by atoms with E-state index in [-0.39, 0.29) is 9.09 Å². The second kappa shape index (κ2) is 5.70. The Balaban J connectivity index is 2.20. The van der Waals surface area contributed by atoms with Crippen molar-refractivity contribution >= 4 is 27.3 Å². The number of thiophene rings is 1. The Bertz CT molecular complexity index is 710. The highest BCUT2D eigenvalue weighted by Crippen LogP contribution is 2.23. The highest BCUT2D eigenvalue weighted by atomic mass is 32.2. The lowest BCUT2D eigenvalue weighted by Crippen LogP contribution is -2.26. The summed E-state index contributed by atoms with van der Waals surface area (Å²) in [5.74, 6) is -1.14. The molecule has 0 aromatic carbocycles. The largest absolute Gasteiger partial charge is 0.477 e. The van der Waals surface area contributed by atoms with Crippen molar-refractivity contribution in [2.75, 3.05) is 0 Å². The Morgan fingerprint density at radius 3 is 2.65 bits per heavy atom. The van der Waals surface area contributed by atoms with E-state index in [9.17, 15) is 13.2 Å². The first kappa shape index (κ1) is 14.6. The van der Waals surface area contributed by atoms with Crippen LogP contribution < -0.4 is 4.72 Å². The van der Waals surface area contributed by atoms with Gasteiger partial charge in [-0.25, -0.2) is 17.9 Å². The van der Waals surface area contributed by atoms with E-state index in [1.165, 1.54) is 12.1 Å². The zero-order chi connectivity index (χ0) is 14.8. The molecule has 0 aliphatic rings. The molecule has 0 amide bonds. The highest BCUT2D eigenvalue weighted by molar-refractivity contribution is 7.91. The van der Waals surface area contributed by atoms with Crippen molar-refractivity contribution < 1.29 is 18.3 Å². The molecule has 2 heterocycles. The summed E-state index contributed by atoms with van der Waals surface area (Å²) in [6.07, 6.45) is 1.58. The van der Waals surface area contributed by atoms with Crippen molar-refractivity contribution in [1.82, 2.24) is 9.71 Å². The standard InChI is InChI=1S/C12H12N2O4S2/c1-8(9-4-2-3-7-13-9)14-20(17,18)11-6-5-10(19-11)12(15)16/h2-8,14H,1H3,(H,15,16)/t8-/m1/s1. The van der Waals surface area contributed by atoms with Crippen LogP contribution in [0.15, 0.2) is 40.7 Å². The fraction of sp³-hybridized carbons (Fsp3) is 0.167. The van der Waals surface area contributed by atoms with Crippen LogP contribution in [0.4, 0.5) is 0 Å². The van der Waals surface area contributed by atoms with E-state index in [2.05, 4.69) is 9.71 Å². The van der Waals surface area contributed by atoms with E-state index in [4.69, 9.17) is 5.11 Å². The Labute approximate surface area is 120 Å². The summed E-state index contributed by atoms with van der Waals surface area (Å²) in [6, 6.07) is 7.26. The number of aromatic nitrogens is 1. The number of aromatic carboxylic acids is 1. The van der Waals surface area contributed by atoms with Gasteiger partial charge in [-0.15, -0.1) is 11.3 Å². The second-order valence-corrected chi connectivity index (χ2v) is 7.05. The SMILES string of the molecule is C[C@@H](NS(=O)(=O)c1ccc(C(=O)O)s1)c1ccccn1. The molecular formula is C12H12N2O4S2. The van der Waals surface area contributed by atoms with Crippen molar-refractivity contribution in [3.05, 3.63) is 47.1 Å². The van der Waals surface area contributed by atoms with Gasteiger partial charge in [-0.3, -0.25) is 4.98 Å². The Kier molecular flexibility index (Phi) is 4.17. The molecule has 0 saturated carbocycles. The minimum Gasteiger partial charge on any atom is -0.477 e. The van der Waals surface area contributed by atoms with Gasteiger partial charge < -0.3 is 5.11 Å². The van der Waals surface area contributed by atoms with Crippen LogP contribution in [-0.2, 0) is 10.0 Å². The molecule has 2 rings (SSSR count). The maximum Gasteiger partial charge on any atom is 0.345 e. The van der Waals surface area contributed by atoms with Crippen LogP contribution >= 0.6 is 11.3 Å². The number of nitrogens with one attached hydrogen (secondary N) is 1. The number of sulfonamides is 1.